The van der Waals surface area contributed by atoms with Gasteiger partial charge in [0.05, 0.1) is 0 Å². The molecule has 116 valence electrons. The van der Waals surface area contributed by atoms with Crippen LogP contribution in [0.2, 0.25) is 0 Å². The Morgan fingerprint density at radius 1 is 1.05 bits per heavy atom. The summed E-state index contributed by atoms with van der Waals surface area (Å²) in [5.41, 5.74) is 0.509. The third-order valence-corrected chi connectivity index (χ3v) is 6.78. The van der Waals surface area contributed by atoms with Crippen LogP contribution in [-0.4, -0.2) is 53.8 Å². The van der Waals surface area contributed by atoms with Gasteiger partial charge in [0.25, 0.3) is 0 Å². The molecule has 2 saturated heterocycles. The van der Waals surface area contributed by atoms with Crippen LogP contribution in [0.3, 0.4) is 0 Å². The van der Waals surface area contributed by atoms with E-state index in [1.165, 1.54) is 77.5 Å². The summed E-state index contributed by atoms with van der Waals surface area (Å²) in [6.07, 6.45) is 11.4. The summed E-state index contributed by atoms with van der Waals surface area (Å²) >= 11 is 4.76. The summed E-state index contributed by atoms with van der Waals surface area (Å²) in [6.45, 7) is 7.71. The summed E-state index contributed by atoms with van der Waals surface area (Å²) in [4.78, 5) is 5.55. The second-order valence-electron chi connectivity index (χ2n) is 7.64. The van der Waals surface area contributed by atoms with Crippen molar-refractivity contribution in [1.29, 1.82) is 0 Å². The highest BCUT2D eigenvalue weighted by atomic mass is 32.1. The van der Waals surface area contributed by atoms with E-state index in [2.05, 4.69) is 16.7 Å². The first kappa shape index (κ1) is 15.2. The van der Waals surface area contributed by atoms with Crippen molar-refractivity contribution >= 4 is 12.6 Å². The standard InChI is InChI=1S/C17H32N2S/c1-15-11-18-10-6-7-16(18)12-19(15)13-17(14-20)8-4-2-3-5-9-17/h15-16,20H,2-14H2,1H3. The molecule has 3 heteroatoms. The molecule has 3 aliphatic rings. The van der Waals surface area contributed by atoms with Gasteiger partial charge < -0.3 is 0 Å². The molecule has 0 aromatic heterocycles. The van der Waals surface area contributed by atoms with E-state index in [0.29, 0.717) is 5.41 Å². The Morgan fingerprint density at radius 2 is 1.80 bits per heavy atom. The number of hydrogen-bond donors (Lipinski definition) is 1. The highest BCUT2D eigenvalue weighted by Gasteiger charge is 2.38. The highest BCUT2D eigenvalue weighted by Crippen LogP contribution is 2.38. The zero-order chi connectivity index (χ0) is 14.0. The number of fused-ring (bicyclic) bond motifs is 1. The first-order chi connectivity index (χ1) is 9.72. The fourth-order valence-corrected chi connectivity index (χ4v) is 5.16. The smallest absolute Gasteiger partial charge is 0.0224 e. The van der Waals surface area contributed by atoms with E-state index in [9.17, 15) is 0 Å². The number of hydrogen-bond acceptors (Lipinski definition) is 3. The minimum atomic E-state index is 0.509. The van der Waals surface area contributed by atoms with Gasteiger partial charge in [-0.3, -0.25) is 9.80 Å². The first-order valence-electron chi connectivity index (χ1n) is 8.81. The van der Waals surface area contributed by atoms with Crippen LogP contribution in [0.4, 0.5) is 0 Å². The second-order valence-corrected chi connectivity index (χ2v) is 7.96. The summed E-state index contributed by atoms with van der Waals surface area (Å²) in [6, 6.07) is 1.60. The third-order valence-electron chi connectivity index (χ3n) is 6.10. The number of piperazine rings is 1. The monoisotopic (exact) mass is 296 g/mol. The van der Waals surface area contributed by atoms with Crippen LogP contribution >= 0.6 is 12.6 Å². The van der Waals surface area contributed by atoms with Gasteiger partial charge in [-0.2, -0.15) is 12.6 Å². The van der Waals surface area contributed by atoms with Crippen molar-refractivity contribution in [3.8, 4) is 0 Å². The molecule has 2 atom stereocenters. The van der Waals surface area contributed by atoms with Crippen LogP contribution in [0.5, 0.6) is 0 Å². The van der Waals surface area contributed by atoms with Gasteiger partial charge in [-0.25, -0.2) is 0 Å². The first-order valence-corrected chi connectivity index (χ1v) is 9.45. The molecule has 3 rings (SSSR count). The zero-order valence-electron chi connectivity index (χ0n) is 13.2. The van der Waals surface area contributed by atoms with E-state index >= 15 is 0 Å². The molecule has 0 radical (unpaired) electrons. The molecular weight excluding hydrogens is 264 g/mol. The molecule has 0 amide bonds. The summed E-state index contributed by atoms with van der Waals surface area (Å²) in [5.74, 6) is 1.09. The summed E-state index contributed by atoms with van der Waals surface area (Å²) in [5, 5.41) is 0. The number of thiol groups is 1. The molecule has 0 aromatic rings. The predicted molar refractivity (Wildman–Crippen MR) is 89.6 cm³/mol. The fourth-order valence-electron chi connectivity index (χ4n) is 4.74. The van der Waals surface area contributed by atoms with E-state index in [4.69, 9.17) is 12.6 Å². The molecule has 0 bridgehead atoms. The van der Waals surface area contributed by atoms with E-state index in [1.54, 1.807) is 0 Å². The van der Waals surface area contributed by atoms with Crippen LogP contribution in [0.15, 0.2) is 0 Å². The molecule has 3 fully saturated rings. The molecule has 0 N–H and O–H groups in total. The van der Waals surface area contributed by atoms with Crippen molar-refractivity contribution < 1.29 is 0 Å². The van der Waals surface area contributed by atoms with Gasteiger partial charge in [0, 0.05) is 31.7 Å². The Labute approximate surface area is 130 Å². The average molecular weight is 297 g/mol. The Bertz CT molecular complexity index is 312. The minimum Gasteiger partial charge on any atom is -0.298 e. The van der Waals surface area contributed by atoms with Gasteiger partial charge >= 0.3 is 0 Å². The van der Waals surface area contributed by atoms with Crippen LogP contribution in [-0.2, 0) is 0 Å². The second kappa shape index (κ2) is 6.58. The predicted octanol–water partition coefficient (Wildman–Crippen LogP) is 3.43. The lowest BCUT2D eigenvalue weighted by Crippen LogP contribution is -2.57. The summed E-state index contributed by atoms with van der Waals surface area (Å²) < 4.78 is 0. The van der Waals surface area contributed by atoms with Crippen LogP contribution in [0, 0.1) is 5.41 Å². The summed E-state index contributed by atoms with van der Waals surface area (Å²) in [7, 11) is 0. The van der Waals surface area contributed by atoms with Gasteiger partial charge in [-0.1, -0.05) is 25.7 Å². The van der Waals surface area contributed by atoms with Gasteiger partial charge in [0.1, 0.15) is 0 Å². The lowest BCUT2D eigenvalue weighted by molar-refractivity contribution is 0.0269. The largest absolute Gasteiger partial charge is 0.298 e. The molecule has 2 heterocycles. The van der Waals surface area contributed by atoms with Crippen molar-refractivity contribution in [2.24, 2.45) is 5.41 Å². The number of rotatable bonds is 3. The lowest BCUT2D eigenvalue weighted by atomic mass is 9.81. The molecule has 2 nitrogen and oxygen atoms in total. The van der Waals surface area contributed by atoms with E-state index in [1.807, 2.05) is 0 Å². The maximum absolute atomic E-state index is 4.76. The zero-order valence-corrected chi connectivity index (χ0v) is 14.1. The fraction of sp³-hybridized carbons (Fsp3) is 1.00. The molecule has 20 heavy (non-hydrogen) atoms. The van der Waals surface area contributed by atoms with E-state index in [0.717, 1.165) is 17.8 Å². The van der Waals surface area contributed by atoms with Gasteiger partial charge in [-0.05, 0) is 50.3 Å². The molecule has 0 spiro atoms. The molecule has 2 aliphatic heterocycles. The third kappa shape index (κ3) is 3.20. The average Bonchev–Trinajstić information content (AvgIpc) is 2.76. The Balaban J connectivity index is 1.65. The van der Waals surface area contributed by atoms with Crippen molar-refractivity contribution in [3.05, 3.63) is 0 Å². The van der Waals surface area contributed by atoms with Crippen molar-refractivity contribution in [2.75, 3.05) is 31.9 Å². The van der Waals surface area contributed by atoms with Crippen molar-refractivity contribution in [3.63, 3.8) is 0 Å². The number of nitrogens with zero attached hydrogens (tertiary/aromatic N) is 2. The van der Waals surface area contributed by atoms with Crippen molar-refractivity contribution in [2.45, 2.75) is 70.4 Å². The van der Waals surface area contributed by atoms with Gasteiger partial charge in [-0.15, -0.1) is 0 Å². The molecule has 0 aromatic carbocycles. The Hall–Kier alpha value is 0.270. The topological polar surface area (TPSA) is 6.48 Å². The van der Waals surface area contributed by atoms with Crippen molar-refractivity contribution in [1.82, 2.24) is 9.80 Å². The van der Waals surface area contributed by atoms with Gasteiger partial charge in [0.2, 0.25) is 0 Å². The van der Waals surface area contributed by atoms with Crippen LogP contribution in [0.25, 0.3) is 0 Å². The van der Waals surface area contributed by atoms with Crippen LogP contribution < -0.4 is 0 Å². The maximum Gasteiger partial charge on any atom is 0.0224 e. The molecular formula is C17H32N2S. The SMILES string of the molecule is CC1CN2CCCC2CN1CC1(CS)CCCCCC1. The lowest BCUT2D eigenvalue weighted by Gasteiger charge is -2.46. The Morgan fingerprint density at radius 3 is 2.50 bits per heavy atom. The molecule has 2 unspecified atom stereocenters. The maximum atomic E-state index is 4.76. The highest BCUT2D eigenvalue weighted by molar-refractivity contribution is 7.80. The van der Waals surface area contributed by atoms with E-state index in [-0.39, 0.29) is 0 Å². The normalized spacial score (nSPS) is 35.7. The quantitative estimate of drug-likeness (QED) is 0.630. The van der Waals surface area contributed by atoms with Gasteiger partial charge in [0.15, 0.2) is 0 Å². The minimum absolute atomic E-state index is 0.509. The van der Waals surface area contributed by atoms with Crippen LogP contribution in [0.1, 0.15) is 58.3 Å². The molecule has 1 aliphatic carbocycles. The Kier molecular flexibility index (Phi) is 4.99. The molecule has 1 saturated carbocycles. The van der Waals surface area contributed by atoms with E-state index < -0.39 is 0 Å².